The number of rotatable bonds is 5. The Balaban J connectivity index is 1.59. The molecule has 0 atom stereocenters. The van der Waals surface area contributed by atoms with Crippen LogP contribution in [0.2, 0.25) is 5.02 Å². The maximum absolute atomic E-state index is 5.85. The van der Waals surface area contributed by atoms with Gasteiger partial charge in [-0.05, 0) is 66.1 Å². The zero-order valence-electron chi connectivity index (χ0n) is 11.1. The van der Waals surface area contributed by atoms with Gasteiger partial charge in [-0.3, -0.25) is 0 Å². The van der Waals surface area contributed by atoms with Crippen molar-refractivity contribution in [2.24, 2.45) is 0 Å². The Morgan fingerprint density at radius 1 is 0.952 bits per heavy atom. The Morgan fingerprint density at radius 3 is 2.24 bits per heavy atom. The molecule has 0 amide bonds. The molecular weight excluding hydrogens is 304 g/mol. The second-order valence-electron chi connectivity index (χ2n) is 4.41. The fourth-order valence-corrected chi connectivity index (χ4v) is 2.44. The number of nitrogens with one attached hydrogen (secondary N) is 1. The average molecular weight is 317 g/mol. The predicted octanol–water partition coefficient (Wildman–Crippen LogP) is 5.20. The molecule has 1 aromatic heterocycles. The number of benzene rings is 2. The molecule has 0 saturated carbocycles. The maximum Gasteiger partial charge on any atom is 0.127 e. The number of halogens is 1. The van der Waals surface area contributed by atoms with E-state index in [2.05, 4.69) is 9.69 Å². The second-order valence-corrected chi connectivity index (χ2v) is 5.77. The summed E-state index contributed by atoms with van der Waals surface area (Å²) in [5, 5.41) is 4.04. The first-order chi connectivity index (χ1) is 10.3. The van der Waals surface area contributed by atoms with Gasteiger partial charge in [-0.15, -0.1) is 0 Å². The molecule has 3 aromatic rings. The molecule has 0 radical (unpaired) electrons. The Hall–Kier alpha value is -2.04. The number of nitrogens with zero attached hydrogens (tertiary/aromatic N) is 1. The molecule has 3 nitrogen and oxygen atoms in total. The molecule has 0 spiro atoms. The van der Waals surface area contributed by atoms with Gasteiger partial charge in [0, 0.05) is 21.8 Å². The fraction of sp³-hybridized carbons (Fsp3) is 0.0625. The van der Waals surface area contributed by atoms with E-state index in [4.69, 9.17) is 16.3 Å². The lowest BCUT2D eigenvalue weighted by Crippen LogP contribution is -1.96. The summed E-state index contributed by atoms with van der Waals surface area (Å²) in [6, 6.07) is 17.2. The molecule has 0 aliphatic heterocycles. The minimum Gasteiger partial charge on any atom is -0.457 e. The first-order valence-corrected chi connectivity index (χ1v) is 7.62. The van der Waals surface area contributed by atoms with Crippen LogP contribution < -0.4 is 10.1 Å². The van der Waals surface area contributed by atoms with Gasteiger partial charge in [0.05, 0.1) is 6.54 Å². The highest BCUT2D eigenvalue weighted by atomic mass is 35.5. The summed E-state index contributed by atoms with van der Waals surface area (Å²) in [6.45, 7) is 0.780. The SMILES string of the molecule is Clc1ccc(Oc2ccc(NCc3ccns3)cc2)cc1. The van der Waals surface area contributed by atoms with Crippen molar-refractivity contribution >= 4 is 28.8 Å². The van der Waals surface area contributed by atoms with Crippen molar-refractivity contribution in [3.8, 4) is 11.5 Å². The van der Waals surface area contributed by atoms with Crippen LogP contribution >= 0.6 is 23.1 Å². The van der Waals surface area contributed by atoms with Gasteiger partial charge in [0.15, 0.2) is 0 Å². The first-order valence-electron chi connectivity index (χ1n) is 6.46. The van der Waals surface area contributed by atoms with Crippen molar-refractivity contribution < 1.29 is 4.74 Å². The van der Waals surface area contributed by atoms with E-state index in [1.165, 1.54) is 16.4 Å². The van der Waals surface area contributed by atoms with E-state index in [1.54, 1.807) is 0 Å². The number of hydrogen-bond acceptors (Lipinski definition) is 4. The summed E-state index contributed by atoms with van der Waals surface area (Å²) < 4.78 is 9.82. The van der Waals surface area contributed by atoms with E-state index in [1.807, 2.05) is 60.8 Å². The second kappa shape index (κ2) is 6.61. The Labute approximate surface area is 132 Å². The minimum absolute atomic E-state index is 0.699. The van der Waals surface area contributed by atoms with Crippen molar-refractivity contribution in [3.63, 3.8) is 0 Å². The van der Waals surface area contributed by atoms with Crippen LogP contribution in [0.1, 0.15) is 4.88 Å². The Kier molecular flexibility index (Phi) is 4.38. The lowest BCUT2D eigenvalue weighted by Gasteiger charge is -2.08. The van der Waals surface area contributed by atoms with Crippen LogP contribution in [-0.2, 0) is 6.54 Å². The summed E-state index contributed by atoms with van der Waals surface area (Å²) in [5.41, 5.74) is 1.05. The lowest BCUT2D eigenvalue weighted by molar-refractivity contribution is 0.483. The summed E-state index contributed by atoms with van der Waals surface area (Å²) in [4.78, 5) is 1.21. The van der Waals surface area contributed by atoms with Gasteiger partial charge < -0.3 is 10.1 Å². The largest absolute Gasteiger partial charge is 0.457 e. The zero-order valence-corrected chi connectivity index (χ0v) is 12.7. The lowest BCUT2D eigenvalue weighted by atomic mass is 10.3. The van der Waals surface area contributed by atoms with Gasteiger partial charge in [0.25, 0.3) is 0 Å². The minimum atomic E-state index is 0.699. The fourth-order valence-electron chi connectivity index (χ4n) is 1.80. The van der Waals surface area contributed by atoms with E-state index < -0.39 is 0 Å². The van der Waals surface area contributed by atoms with Crippen LogP contribution in [0.4, 0.5) is 5.69 Å². The van der Waals surface area contributed by atoms with Gasteiger partial charge in [-0.2, -0.15) is 0 Å². The van der Waals surface area contributed by atoms with E-state index in [0.717, 1.165) is 23.7 Å². The van der Waals surface area contributed by atoms with E-state index in [9.17, 15) is 0 Å². The standard InChI is InChI=1S/C16H13ClN2OS/c17-12-1-5-14(6-2-12)20-15-7-3-13(4-8-15)18-11-16-9-10-19-21-16/h1-10,18H,11H2. The topological polar surface area (TPSA) is 34.1 Å². The molecular formula is C16H13ClN2OS. The summed E-state index contributed by atoms with van der Waals surface area (Å²) in [5.74, 6) is 1.56. The summed E-state index contributed by atoms with van der Waals surface area (Å²) in [7, 11) is 0. The van der Waals surface area contributed by atoms with E-state index in [-0.39, 0.29) is 0 Å². The monoisotopic (exact) mass is 316 g/mol. The van der Waals surface area contributed by atoms with E-state index >= 15 is 0 Å². The third-order valence-corrected chi connectivity index (χ3v) is 3.86. The molecule has 0 fully saturated rings. The molecule has 1 N–H and O–H groups in total. The molecule has 0 unspecified atom stereocenters. The van der Waals surface area contributed by atoms with Gasteiger partial charge in [0.1, 0.15) is 11.5 Å². The number of ether oxygens (including phenoxy) is 1. The molecule has 106 valence electrons. The third-order valence-electron chi connectivity index (χ3n) is 2.86. The van der Waals surface area contributed by atoms with Gasteiger partial charge >= 0.3 is 0 Å². The van der Waals surface area contributed by atoms with Crippen LogP contribution in [0.15, 0.2) is 60.8 Å². The van der Waals surface area contributed by atoms with Crippen molar-refractivity contribution in [2.45, 2.75) is 6.54 Å². The van der Waals surface area contributed by atoms with Crippen LogP contribution in [0.25, 0.3) is 0 Å². The molecule has 0 saturated heterocycles. The van der Waals surface area contributed by atoms with Crippen LogP contribution in [-0.4, -0.2) is 4.37 Å². The molecule has 0 aliphatic rings. The maximum atomic E-state index is 5.85. The Bertz CT molecular complexity index is 681. The van der Waals surface area contributed by atoms with Crippen molar-refractivity contribution in [3.05, 3.63) is 70.7 Å². The van der Waals surface area contributed by atoms with Crippen LogP contribution in [0.3, 0.4) is 0 Å². The Morgan fingerprint density at radius 2 is 1.62 bits per heavy atom. The van der Waals surface area contributed by atoms with Crippen molar-refractivity contribution in [2.75, 3.05) is 5.32 Å². The zero-order chi connectivity index (χ0) is 14.5. The molecule has 3 rings (SSSR count). The molecule has 5 heteroatoms. The third kappa shape index (κ3) is 3.97. The van der Waals surface area contributed by atoms with Gasteiger partial charge in [-0.1, -0.05) is 11.6 Å². The molecule has 21 heavy (non-hydrogen) atoms. The highest BCUT2D eigenvalue weighted by Gasteiger charge is 1.99. The average Bonchev–Trinajstić information content (AvgIpc) is 3.02. The van der Waals surface area contributed by atoms with Crippen molar-refractivity contribution in [1.82, 2.24) is 4.37 Å². The first kappa shape index (κ1) is 13.9. The highest BCUT2D eigenvalue weighted by Crippen LogP contribution is 2.24. The highest BCUT2D eigenvalue weighted by molar-refractivity contribution is 7.05. The predicted molar refractivity (Wildman–Crippen MR) is 87.4 cm³/mol. The number of anilines is 1. The summed E-state index contributed by atoms with van der Waals surface area (Å²) in [6.07, 6.45) is 1.81. The molecule has 2 aromatic carbocycles. The molecule has 0 aliphatic carbocycles. The quantitative estimate of drug-likeness (QED) is 0.702. The normalized spacial score (nSPS) is 10.3. The van der Waals surface area contributed by atoms with Crippen molar-refractivity contribution in [1.29, 1.82) is 0 Å². The van der Waals surface area contributed by atoms with E-state index in [0.29, 0.717) is 5.02 Å². The number of aromatic nitrogens is 1. The molecule has 1 heterocycles. The van der Waals surface area contributed by atoms with Gasteiger partial charge in [0.2, 0.25) is 0 Å². The summed E-state index contributed by atoms with van der Waals surface area (Å²) >= 11 is 7.35. The number of hydrogen-bond donors (Lipinski definition) is 1. The van der Waals surface area contributed by atoms with Crippen LogP contribution in [0, 0.1) is 0 Å². The van der Waals surface area contributed by atoms with Crippen LogP contribution in [0.5, 0.6) is 11.5 Å². The smallest absolute Gasteiger partial charge is 0.127 e. The van der Waals surface area contributed by atoms with Gasteiger partial charge in [-0.25, -0.2) is 4.37 Å². The molecule has 0 bridgehead atoms.